The summed E-state index contributed by atoms with van der Waals surface area (Å²) in [5.41, 5.74) is 0. The number of para-hydroxylation sites is 1. The Morgan fingerprint density at radius 1 is 1.25 bits per heavy atom. The molecule has 6 heteroatoms. The van der Waals surface area contributed by atoms with Crippen LogP contribution in [0.3, 0.4) is 0 Å². The summed E-state index contributed by atoms with van der Waals surface area (Å²) in [5, 5.41) is 7.73. The molecule has 0 bridgehead atoms. The van der Waals surface area contributed by atoms with Crippen molar-refractivity contribution in [1.29, 1.82) is 0 Å². The number of hydrogen-bond donors (Lipinski definition) is 3. The number of benzene rings is 1. The molecule has 1 rings (SSSR count). The molecule has 0 radical (unpaired) electrons. The highest BCUT2D eigenvalue weighted by Crippen LogP contribution is 2.07. The molecule has 20 heavy (non-hydrogen) atoms. The monoisotopic (exact) mass is 279 g/mol. The topological polar surface area (TPSA) is 79.5 Å². The number of urea groups is 1. The second-order valence-corrected chi connectivity index (χ2v) is 4.19. The van der Waals surface area contributed by atoms with Gasteiger partial charge in [0.15, 0.2) is 0 Å². The fraction of sp³-hybridized carbons (Fsp3) is 0.429. The molecule has 0 saturated heterocycles. The summed E-state index contributed by atoms with van der Waals surface area (Å²) in [6, 6.07) is 8.50. The van der Waals surface area contributed by atoms with Crippen molar-refractivity contribution in [2.45, 2.75) is 19.9 Å². The van der Waals surface area contributed by atoms with E-state index in [-0.39, 0.29) is 5.91 Å². The average molecular weight is 279 g/mol. The van der Waals surface area contributed by atoms with Gasteiger partial charge >= 0.3 is 6.03 Å². The SMILES string of the molecule is CCNC(=O)NC(=O)C(C)NCCOc1ccccc1. The van der Waals surface area contributed by atoms with Crippen LogP contribution >= 0.6 is 0 Å². The van der Waals surface area contributed by atoms with Gasteiger partial charge in [0.25, 0.3) is 0 Å². The summed E-state index contributed by atoms with van der Waals surface area (Å²) in [6.07, 6.45) is 0. The van der Waals surface area contributed by atoms with E-state index in [1.807, 2.05) is 30.3 Å². The first kappa shape index (κ1) is 16.0. The molecule has 3 amide bonds. The van der Waals surface area contributed by atoms with Gasteiger partial charge in [-0.2, -0.15) is 0 Å². The van der Waals surface area contributed by atoms with E-state index >= 15 is 0 Å². The van der Waals surface area contributed by atoms with Crippen molar-refractivity contribution < 1.29 is 14.3 Å². The number of carbonyl (C=O) groups excluding carboxylic acids is 2. The first-order valence-electron chi connectivity index (χ1n) is 6.63. The molecule has 0 aliphatic rings. The van der Waals surface area contributed by atoms with Crippen LogP contribution in [0.2, 0.25) is 0 Å². The molecule has 0 aliphatic heterocycles. The van der Waals surface area contributed by atoms with Crippen LogP contribution < -0.4 is 20.7 Å². The lowest BCUT2D eigenvalue weighted by Crippen LogP contribution is -2.48. The summed E-state index contributed by atoms with van der Waals surface area (Å²) >= 11 is 0. The summed E-state index contributed by atoms with van der Waals surface area (Å²) in [4.78, 5) is 22.8. The molecule has 0 saturated carbocycles. The average Bonchev–Trinajstić information content (AvgIpc) is 2.44. The maximum absolute atomic E-state index is 11.6. The molecule has 1 aromatic carbocycles. The van der Waals surface area contributed by atoms with E-state index in [0.29, 0.717) is 19.7 Å². The molecule has 0 heterocycles. The highest BCUT2D eigenvalue weighted by Gasteiger charge is 2.14. The van der Waals surface area contributed by atoms with Crippen molar-refractivity contribution in [1.82, 2.24) is 16.0 Å². The molecule has 1 aromatic rings. The van der Waals surface area contributed by atoms with Gasteiger partial charge in [-0.25, -0.2) is 4.79 Å². The zero-order chi connectivity index (χ0) is 14.8. The Bertz CT molecular complexity index is 423. The zero-order valence-electron chi connectivity index (χ0n) is 11.8. The Labute approximate surface area is 118 Å². The minimum absolute atomic E-state index is 0.365. The summed E-state index contributed by atoms with van der Waals surface area (Å²) < 4.78 is 5.48. The van der Waals surface area contributed by atoms with Crippen LogP contribution in [0.15, 0.2) is 30.3 Å². The highest BCUT2D eigenvalue weighted by molar-refractivity contribution is 5.96. The quantitative estimate of drug-likeness (QED) is 0.648. The van der Waals surface area contributed by atoms with Gasteiger partial charge in [0, 0.05) is 13.1 Å². The first-order valence-corrected chi connectivity index (χ1v) is 6.63. The summed E-state index contributed by atoms with van der Waals surface area (Å²) in [7, 11) is 0. The number of amides is 3. The third kappa shape index (κ3) is 6.19. The maximum atomic E-state index is 11.6. The molecule has 3 N–H and O–H groups in total. The molecule has 0 aromatic heterocycles. The molecule has 0 fully saturated rings. The van der Waals surface area contributed by atoms with Crippen LogP contribution in [0.5, 0.6) is 5.75 Å². The van der Waals surface area contributed by atoms with Gasteiger partial charge < -0.3 is 15.4 Å². The highest BCUT2D eigenvalue weighted by atomic mass is 16.5. The second kappa shape index (κ2) is 8.92. The fourth-order valence-electron chi connectivity index (χ4n) is 1.48. The van der Waals surface area contributed by atoms with Crippen molar-refractivity contribution >= 4 is 11.9 Å². The Morgan fingerprint density at radius 3 is 2.60 bits per heavy atom. The smallest absolute Gasteiger partial charge is 0.321 e. The van der Waals surface area contributed by atoms with E-state index in [4.69, 9.17) is 4.74 Å². The predicted octanol–water partition coefficient (Wildman–Crippen LogP) is 0.889. The van der Waals surface area contributed by atoms with Crippen LogP contribution in [0.1, 0.15) is 13.8 Å². The molecule has 1 unspecified atom stereocenters. The lowest BCUT2D eigenvalue weighted by Gasteiger charge is -2.14. The third-order valence-corrected chi connectivity index (χ3v) is 2.53. The lowest BCUT2D eigenvalue weighted by molar-refractivity contribution is -0.121. The van der Waals surface area contributed by atoms with Gasteiger partial charge in [-0.15, -0.1) is 0 Å². The van der Waals surface area contributed by atoms with Crippen molar-refractivity contribution in [3.05, 3.63) is 30.3 Å². The molecule has 1 atom stereocenters. The second-order valence-electron chi connectivity index (χ2n) is 4.19. The van der Waals surface area contributed by atoms with Crippen molar-refractivity contribution in [3.63, 3.8) is 0 Å². The van der Waals surface area contributed by atoms with Crippen LogP contribution in [0, 0.1) is 0 Å². The minimum Gasteiger partial charge on any atom is -0.492 e. The zero-order valence-corrected chi connectivity index (χ0v) is 11.8. The minimum atomic E-state index is -0.480. The van der Waals surface area contributed by atoms with Crippen LogP contribution in [-0.4, -0.2) is 37.7 Å². The molecule has 110 valence electrons. The van der Waals surface area contributed by atoms with Crippen molar-refractivity contribution in [3.8, 4) is 5.75 Å². The van der Waals surface area contributed by atoms with Gasteiger partial charge in [0.1, 0.15) is 12.4 Å². The Hall–Kier alpha value is -2.08. The van der Waals surface area contributed by atoms with E-state index < -0.39 is 12.1 Å². The number of nitrogens with one attached hydrogen (secondary N) is 3. The third-order valence-electron chi connectivity index (χ3n) is 2.53. The van der Waals surface area contributed by atoms with Gasteiger partial charge in [0.05, 0.1) is 6.04 Å². The van der Waals surface area contributed by atoms with Crippen LogP contribution in [0.4, 0.5) is 4.79 Å². The van der Waals surface area contributed by atoms with Gasteiger partial charge in [-0.3, -0.25) is 10.1 Å². The first-order chi connectivity index (χ1) is 9.63. The molecular weight excluding hydrogens is 258 g/mol. The summed E-state index contributed by atoms with van der Waals surface area (Å²) in [6.45, 7) is 4.91. The standard InChI is InChI=1S/C14H21N3O3/c1-3-15-14(19)17-13(18)11(2)16-9-10-20-12-7-5-4-6-8-12/h4-8,11,16H,3,9-10H2,1-2H3,(H2,15,17,18,19). The van der Waals surface area contributed by atoms with Gasteiger partial charge in [0.2, 0.25) is 5.91 Å². The molecule has 0 spiro atoms. The van der Waals surface area contributed by atoms with Gasteiger partial charge in [-0.05, 0) is 26.0 Å². The van der Waals surface area contributed by atoms with Crippen LogP contribution in [0.25, 0.3) is 0 Å². The lowest BCUT2D eigenvalue weighted by atomic mass is 10.3. The number of carbonyl (C=O) groups is 2. The van der Waals surface area contributed by atoms with Crippen molar-refractivity contribution in [2.24, 2.45) is 0 Å². The number of imide groups is 1. The van der Waals surface area contributed by atoms with E-state index in [1.165, 1.54) is 0 Å². The van der Waals surface area contributed by atoms with E-state index in [0.717, 1.165) is 5.75 Å². The van der Waals surface area contributed by atoms with E-state index in [1.54, 1.807) is 13.8 Å². The maximum Gasteiger partial charge on any atom is 0.321 e. The van der Waals surface area contributed by atoms with Crippen molar-refractivity contribution in [2.75, 3.05) is 19.7 Å². The molecular formula is C14H21N3O3. The Balaban J connectivity index is 2.17. The van der Waals surface area contributed by atoms with Gasteiger partial charge in [-0.1, -0.05) is 18.2 Å². The molecule has 6 nitrogen and oxygen atoms in total. The number of hydrogen-bond acceptors (Lipinski definition) is 4. The Kier molecular flexibility index (Phi) is 7.13. The number of rotatable bonds is 7. The van der Waals surface area contributed by atoms with E-state index in [2.05, 4.69) is 16.0 Å². The predicted molar refractivity (Wildman–Crippen MR) is 76.6 cm³/mol. The number of ether oxygens (including phenoxy) is 1. The normalized spacial score (nSPS) is 11.5. The largest absolute Gasteiger partial charge is 0.492 e. The Morgan fingerprint density at radius 2 is 1.95 bits per heavy atom. The fourth-order valence-corrected chi connectivity index (χ4v) is 1.48. The van der Waals surface area contributed by atoms with Crippen LogP contribution in [-0.2, 0) is 4.79 Å². The summed E-state index contributed by atoms with van der Waals surface area (Å²) in [5.74, 6) is 0.421. The molecule has 0 aliphatic carbocycles. The van der Waals surface area contributed by atoms with E-state index in [9.17, 15) is 9.59 Å².